The fraction of sp³-hybridized carbons (Fsp3) is 0.0714. The van der Waals surface area contributed by atoms with Gasteiger partial charge in [-0.25, -0.2) is 9.18 Å². The molecule has 3 nitrogen and oxygen atoms in total. The van der Waals surface area contributed by atoms with Crippen LogP contribution in [0.15, 0.2) is 42.5 Å². The maximum Gasteiger partial charge on any atom is 0.323 e. The molecule has 0 unspecified atom stereocenters. The fourth-order valence-electron chi connectivity index (χ4n) is 1.55. The highest BCUT2D eigenvalue weighted by molar-refractivity contribution is 6.31. The SMILES string of the molecule is Cc1cc(NC(=O)Nc2ccc(F)cc2)ccc1Cl. The Bertz CT molecular complexity index is 599. The van der Waals surface area contributed by atoms with Gasteiger partial charge in [0, 0.05) is 16.4 Å². The Morgan fingerprint density at radius 1 is 1.05 bits per heavy atom. The Labute approximate surface area is 115 Å². The van der Waals surface area contributed by atoms with Crippen molar-refractivity contribution in [3.8, 4) is 0 Å². The van der Waals surface area contributed by atoms with E-state index in [4.69, 9.17) is 11.6 Å². The minimum atomic E-state index is -0.395. The van der Waals surface area contributed by atoms with Gasteiger partial charge in [-0.05, 0) is 55.0 Å². The van der Waals surface area contributed by atoms with Crippen molar-refractivity contribution in [1.82, 2.24) is 0 Å². The van der Waals surface area contributed by atoms with Crippen LogP contribution < -0.4 is 10.6 Å². The lowest BCUT2D eigenvalue weighted by atomic mass is 10.2. The number of carbonyl (C=O) groups excluding carboxylic acids is 1. The molecule has 0 heterocycles. The zero-order chi connectivity index (χ0) is 13.8. The van der Waals surface area contributed by atoms with E-state index in [9.17, 15) is 9.18 Å². The zero-order valence-electron chi connectivity index (χ0n) is 10.2. The van der Waals surface area contributed by atoms with Crippen molar-refractivity contribution in [1.29, 1.82) is 0 Å². The van der Waals surface area contributed by atoms with Gasteiger partial charge in [-0.15, -0.1) is 0 Å². The van der Waals surface area contributed by atoms with Crippen LogP contribution in [0.3, 0.4) is 0 Å². The molecule has 19 heavy (non-hydrogen) atoms. The molecule has 2 N–H and O–H groups in total. The lowest BCUT2D eigenvalue weighted by Gasteiger charge is -2.08. The summed E-state index contributed by atoms with van der Waals surface area (Å²) in [5, 5.41) is 5.92. The molecule has 0 saturated heterocycles. The molecular formula is C14H12ClFN2O. The summed E-state index contributed by atoms with van der Waals surface area (Å²) in [4.78, 5) is 11.7. The van der Waals surface area contributed by atoms with E-state index in [0.29, 0.717) is 16.4 Å². The van der Waals surface area contributed by atoms with Gasteiger partial charge in [-0.2, -0.15) is 0 Å². The third-order valence-electron chi connectivity index (χ3n) is 2.52. The van der Waals surface area contributed by atoms with Gasteiger partial charge in [0.2, 0.25) is 0 Å². The van der Waals surface area contributed by atoms with E-state index in [2.05, 4.69) is 10.6 Å². The standard InChI is InChI=1S/C14H12ClFN2O/c1-9-8-12(6-7-13(9)15)18-14(19)17-11-4-2-10(16)3-5-11/h2-8H,1H3,(H2,17,18,19). The number of hydrogen-bond donors (Lipinski definition) is 2. The molecule has 2 amide bonds. The second-order valence-electron chi connectivity index (χ2n) is 4.05. The summed E-state index contributed by atoms with van der Waals surface area (Å²) in [7, 11) is 0. The van der Waals surface area contributed by atoms with Gasteiger partial charge < -0.3 is 10.6 Å². The van der Waals surface area contributed by atoms with Crippen molar-refractivity contribution < 1.29 is 9.18 Å². The van der Waals surface area contributed by atoms with Crippen molar-refractivity contribution in [3.63, 3.8) is 0 Å². The number of anilines is 2. The Morgan fingerprint density at radius 2 is 1.63 bits per heavy atom. The first-order chi connectivity index (χ1) is 9.04. The first kappa shape index (κ1) is 13.4. The van der Waals surface area contributed by atoms with Crippen LogP contribution in [0.2, 0.25) is 5.02 Å². The number of hydrogen-bond acceptors (Lipinski definition) is 1. The van der Waals surface area contributed by atoms with E-state index in [1.165, 1.54) is 24.3 Å². The van der Waals surface area contributed by atoms with E-state index < -0.39 is 6.03 Å². The first-order valence-corrected chi connectivity index (χ1v) is 6.02. The van der Waals surface area contributed by atoms with E-state index in [1.807, 2.05) is 6.92 Å². The molecule has 0 aromatic heterocycles. The van der Waals surface area contributed by atoms with E-state index in [-0.39, 0.29) is 5.82 Å². The summed E-state index contributed by atoms with van der Waals surface area (Å²) in [5.74, 6) is -0.348. The number of rotatable bonds is 2. The van der Waals surface area contributed by atoms with Gasteiger partial charge in [0.15, 0.2) is 0 Å². The number of amides is 2. The van der Waals surface area contributed by atoms with Crippen molar-refractivity contribution in [2.75, 3.05) is 10.6 Å². The average Bonchev–Trinajstić information content (AvgIpc) is 2.37. The Kier molecular flexibility index (Phi) is 4.02. The highest BCUT2D eigenvalue weighted by Gasteiger charge is 2.04. The fourth-order valence-corrected chi connectivity index (χ4v) is 1.67. The topological polar surface area (TPSA) is 41.1 Å². The summed E-state index contributed by atoms with van der Waals surface area (Å²) in [6, 6.07) is 10.3. The van der Waals surface area contributed by atoms with E-state index in [1.54, 1.807) is 18.2 Å². The van der Waals surface area contributed by atoms with Gasteiger partial charge in [-0.1, -0.05) is 11.6 Å². The lowest BCUT2D eigenvalue weighted by molar-refractivity contribution is 0.262. The smallest absolute Gasteiger partial charge is 0.308 e. The minimum Gasteiger partial charge on any atom is -0.308 e. The van der Waals surface area contributed by atoms with Gasteiger partial charge in [0.1, 0.15) is 5.82 Å². The zero-order valence-corrected chi connectivity index (χ0v) is 11.0. The third kappa shape index (κ3) is 3.69. The molecule has 0 bridgehead atoms. The summed E-state index contributed by atoms with van der Waals surface area (Å²) < 4.78 is 12.7. The van der Waals surface area contributed by atoms with E-state index >= 15 is 0 Å². The van der Waals surface area contributed by atoms with Gasteiger partial charge >= 0.3 is 6.03 Å². The predicted octanol–water partition coefficient (Wildman–Crippen LogP) is 4.43. The molecule has 98 valence electrons. The molecule has 5 heteroatoms. The summed E-state index contributed by atoms with van der Waals surface area (Å²) in [6.45, 7) is 1.85. The Balaban J connectivity index is 2.01. The van der Waals surface area contributed by atoms with Crippen LogP contribution in [0.5, 0.6) is 0 Å². The van der Waals surface area contributed by atoms with Gasteiger partial charge in [-0.3, -0.25) is 0 Å². The number of benzene rings is 2. The Morgan fingerprint density at radius 3 is 2.26 bits per heavy atom. The molecular weight excluding hydrogens is 267 g/mol. The van der Waals surface area contributed by atoms with Crippen LogP contribution in [-0.2, 0) is 0 Å². The molecule has 0 aliphatic rings. The van der Waals surface area contributed by atoms with Crippen molar-refractivity contribution in [2.45, 2.75) is 6.92 Å². The van der Waals surface area contributed by atoms with Crippen LogP contribution in [0.25, 0.3) is 0 Å². The first-order valence-electron chi connectivity index (χ1n) is 5.64. The van der Waals surface area contributed by atoms with Crippen LogP contribution in [0.1, 0.15) is 5.56 Å². The largest absolute Gasteiger partial charge is 0.323 e. The minimum absolute atomic E-state index is 0.348. The predicted molar refractivity (Wildman–Crippen MR) is 75.2 cm³/mol. The normalized spacial score (nSPS) is 10.1. The molecule has 2 aromatic rings. The number of halogens is 2. The Hall–Kier alpha value is -2.07. The highest BCUT2D eigenvalue weighted by Crippen LogP contribution is 2.19. The lowest BCUT2D eigenvalue weighted by Crippen LogP contribution is -2.19. The summed E-state index contributed by atoms with van der Waals surface area (Å²) in [6.07, 6.45) is 0. The molecule has 0 atom stereocenters. The number of aryl methyl sites for hydroxylation is 1. The number of urea groups is 1. The van der Waals surface area contributed by atoms with Crippen LogP contribution >= 0.6 is 11.6 Å². The van der Waals surface area contributed by atoms with Crippen LogP contribution in [0.4, 0.5) is 20.6 Å². The highest BCUT2D eigenvalue weighted by atomic mass is 35.5. The summed E-state index contributed by atoms with van der Waals surface area (Å²) >= 11 is 5.90. The third-order valence-corrected chi connectivity index (χ3v) is 2.94. The van der Waals surface area contributed by atoms with Gasteiger partial charge in [0.05, 0.1) is 0 Å². The van der Waals surface area contributed by atoms with Crippen molar-refractivity contribution in [3.05, 3.63) is 58.9 Å². The maximum absolute atomic E-state index is 12.7. The van der Waals surface area contributed by atoms with E-state index in [0.717, 1.165) is 5.56 Å². The van der Waals surface area contributed by atoms with Crippen molar-refractivity contribution >= 4 is 29.0 Å². The molecule has 0 radical (unpaired) electrons. The quantitative estimate of drug-likeness (QED) is 0.838. The van der Waals surface area contributed by atoms with Gasteiger partial charge in [0.25, 0.3) is 0 Å². The summed E-state index contributed by atoms with van der Waals surface area (Å²) in [5.41, 5.74) is 2.03. The average molecular weight is 279 g/mol. The second kappa shape index (κ2) is 5.71. The molecule has 2 rings (SSSR count). The molecule has 0 aliphatic carbocycles. The molecule has 0 spiro atoms. The van der Waals surface area contributed by atoms with Crippen molar-refractivity contribution in [2.24, 2.45) is 0 Å². The monoisotopic (exact) mass is 278 g/mol. The number of nitrogens with one attached hydrogen (secondary N) is 2. The molecule has 0 aliphatic heterocycles. The second-order valence-corrected chi connectivity index (χ2v) is 4.46. The molecule has 0 fully saturated rings. The molecule has 2 aromatic carbocycles. The maximum atomic E-state index is 12.7. The number of carbonyl (C=O) groups is 1. The van der Waals surface area contributed by atoms with Crippen LogP contribution in [0, 0.1) is 12.7 Å². The molecule has 0 saturated carbocycles. The van der Waals surface area contributed by atoms with Crippen LogP contribution in [-0.4, -0.2) is 6.03 Å².